The van der Waals surface area contributed by atoms with Gasteiger partial charge in [0.15, 0.2) is 5.11 Å². The molecule has 2 aromatic carbocycles. The molecule has 0 atom stereocenters. The minimum absolute atomic E-state index is 0.0713. The highest BCUT2D eigenvalue weighted by Gasteiger charge is 2.33. The topological polar surface area (TPSA) is 122 Å². The lowest BCUT2D eigenvalue weighted by Crippen LogP contribution is -2.33. The zero-order valence-electron chi connectivity index (χ0n) is 13.1. The summed E-state index contributed by atoms with van der Waals surface area (Å²) in [7, 11) is 0. The Balaban J connectivity index is 2.06. The molecule has 3 N–H and O–H groups in total. The Morgan fingerprint density at radius 3 is 2.15 bits per heavy atom. The second-order valence-corrected chi connectivity index (χ2v) is 5.40. The fraction of sp³-hybridized carbons (Fsp3) is 0.0714. The van der Waals surface area contributed by atoms with E-state index in [0.29, 0.717) is 17.8 Å². The van der Waals surface area contributed by atoms with Crippen molar-refractivity contribution in [3.8, 4) is 0 Å². The largest absolute Gasteiger partial charge is 0.416 e. The third-order valence-electron chi connectivity index (χ3n) is 3.17. The molecule has 0 bridgehead atoms. The monoisotopic (exact) mass is 401 g/mol. The summed E-state index contributed by atoms with van der Waals surface area (Å²) in [6, 6.07) is 7.21. The van der Waals surface area contributed by atoms with Gasteiger partial charge in [-0.1, -0.05) is 0 Å². The highest BCUT2D eigenvalue weighted by Crippen LogP contribution is 2.34. The summed E-state index contributed by atoms with van der Waals surface area (Å²) in [4.78, 5) is 20.0. The third-order valence-corrected chi connectivity index (χ3v) is 3.37. The molecule has 142 valence electrons. The van der Waals surface area contributed by atoms with E-state index < -0.39 is 27.3 Å². The van der Waals surface area contributed by atoms with Gasteiger partial charge < -0.3 is 5.32 Å². The quantitative estimate of drug-likeness (QED) is 0.392. The van der Waals surface area contributed by atoms with Crippen molar-refractivity contribution < 1.29 is 23.0 Å². The lowest BCUT2D eigenvalue weighted by atomic mass is 10.1. The maximum Gasteiger partial charge on any atom is 0.416 e. The van der Waals surface area contributed by atoms with Gasteiger partial charge in [-0.3, -0.25) is 31.1 Å². The third kappa shape index (κ3) is 5.24. The van der Waals surface area contributed by atoms with Gasteiger partial charge in [0.2, 0.25) is 0 Å². The number of anilines is 2. The molecule has 0 saturated heterocycles. The number of hydrogen-bond acceptors (Lipinski definition) is 6. The lowest BCUT2D eigenvalue weighted by Gasteiger charge is -2.13. The summed E-state index contributed by atoms with van der Waals surface area (Å²) in [5, 5.41) is 24.1. The van der Waals surface area contributed by atoms with E-state index >= 15 is 0 Å². The van der Waals surface area contributed by atoms with Crippen LogP contribution in [0.4, 0.5) is 35.9 Å². The van der Waals surface area contributed by atoms with Crippen molar-refractivity contribution in [3.63, 3.8) is 0 Å². The number of nitro benzene ring substituents is 2. The normalized spacial score (nSPS) is 10.8. The number of benzene rings is 2. The van der Waals surface area contributed by atoms with Gasteiger partial charge in [0.25, 0.3) is 11.4 Å². The smallest absolute Gasteiger partial charge is 0.331 e. The van der Waals surface area contributed by atoms with Crippen LogP contribution in [0.3, 0.4) is 0 Å². The zero-order chi connectivity index (χ0) is 20.2. The van der Waals surface area contributed by atoms with Crippen LogP contribution in [0, 0.1) is 20.2 Å². The van der Waals surface area contributed by atoms with Gasteiger partial charge in [-0.25, -0.2) is 0 Å². The molecule has 2 aromatic rings. The van der Waals surface area contributed by atoms with E-state index in [1.165, 1.54) is 24.3 Å². The second kappa shape index (κ2) is 7.82. The number of hydrogen-bond donors (Lipinski definition) is 3. The SMILES string of the molecule is O=[N+]([O-])c1ccc(NC(=S)NNc2ccc(C(F)(F)F)cc2[N+](=O)[O-])cc1. The van der Waals surface area contributed by atoms with Crippen LogP contribution in [0.15, 0.2) is 42.5 Å². The summed E-state index contributed by atoms with van der Waals surface area (Å²) in [6.45, 7) is 0. The fourth-order valence-electron chi connectivity index (χ4n) is 1.92. The van der Waals surface area contributed by atoms with Crippen molar-refractivity contribution >= 4 is 40.1 Å². The number of hydrazine groups is 1. The molecule has 0 amide bonds. The summed E-state index contributed by atoms with van der Waals surface area (Å²) in [6.07, 6.45) is -4.72. The van der Waals surface area contributed by atoms with Crippen LogP contribution >= 0.6 is 12.2 Å². The maximum atomic E-state index is 12.7. The highest BCUT2D eigenvalue weighted by atomic mass is 32.1. The number of halogens is 3. The first-order valence-electron chi connectivity index (χ1n) is 7.01. The molecule has 0 aliphatic rings. The number of thiocarbonyl (C=S) groups is 1. The van der Waals surface area contributed by atoms with Gasteiger partial charge in [0.1, 0.15) is 5.69 Å². The number of nitrogens with one attached hydrogen (secondary N) is 3. The molecule has 0 aliphatic carbocycles. The fourth-order valence-corrected chi connectivity index (χ4v) is 2.09. The van der Waals surface area contributed by atoms with Gasteiger partial charge in [-0.15, -0.1) is 0 Å². The Kier molecular flexibility index (Phi) is 5.75. The van der Waals surface area contributed by atoms with E-state index in [1.807, 2.05) is 0 Å². The zero-order valence-corrected chi connectivity index (χ0v) is 13.9. The van der Waals surface area contributed by atoms with Gasteiger partial charge in [-0.05, 0) is 36.5 Å². The molecule has 27 heavy (non-hydrogen) atoms. The van der Waals surface area contributed by atoms with Crippen molar-refractivity contribution in [1.82, 2.24) is 5.43 Å². The van der Waals surface area contributed by atoms with Crippen molar-refractivity contribution in [2.45, 2.75) is 6.18 Å². The molecule has 0 spiro atoms. The van der Waals surface area contributed by atoms with Gasteiger partial charge >= 0.3 is 6.18 Å². The van der Waals surface area contributed by atoms with E-state index in [9.17, 15) is 33.4 Å². The van der Waals surface area contributed by atoms with Crippen LogP contribution in [0.5, 0.6) is 0 Å². The first kappa shape index (κ1) is 19.8. The minimum Gasteiger partial charge on any atom is -0.331 e. The molecule has 0 aliphatic heterocycles. The molecular weight excluding hydrogens is 391 g/mol. The van der Waals surface area contributed by atoms with Gasteiger partial charge in [0.05, 0.1) is 15.4 Å². The van der Waals surface area contributed by atoms with Crippen LogP contribution in [0.2, 0.25) is 0 Å². The van der Waals surface area contributed by atoms with E-state index in [2.05, 4.69) is 16.2 Å². The lowest BCUT2D eigenvalue weighted by molar-refractivity contribution is -0.384. The summed E-state index contributed by atoms with van der Waals surface area (Å²) < 4.78 is 38.0. The van der Waals surface area contributed by atoms with Crippen LogP contribution in [0.25, 0.3) is 0 Å². The van der Waals surface area contributed by atoms with E-state index in [4.69, 9.17) is 12.2 Å². The Bertz CT molecular complexity index is 889. The summed E-state index contributed by atoms with van der Waals surface area (Å²) in [5.74, 6) is 0. The number of nitro groups is 2. The van der Waals surface area contributed by atoms with Crippen LogP contribution < -0.4 is 16.2 Å². The van der Waals surface area contributed by atoms with Crippen molar-refractivity contribution in [3.05, 3.63) is 68.3 Å². The number of nitrogens with zero attached hydrogens (tertiary/aromatic N) is 2. The molecule has 0 aromatic heterocycles. The summed E-state index contributed by atoms with van der Waals surface area (Å²) in [5.41, 5.74) is 2.81. The van der Waals surface area contributed by atoms with Crippen molar-refractivity contribution in [1.29, 1.82) is 0 Å². The molecule has 0 heterocycles. The Morgan fingerprint density at radius 1 is 1.00 bits per heavy atom. The van der Waals surface area contributed by atoms with Gasteiger partial charge in [-0.2, -0.15) is 13.2 Å². The molecule has 9 nitrogen and oxygen atoms in total. The molecule has 13 heteroatoms. The number of alkyl halides is 3. The highest BCUT2D eigenvalue weighted by molar-refractivity contribution is 7.80. The molecule has 0 radical (unpaired) electrons. The molecule has 0 fully saturated rings. The Morgan fingerprint density at radius 2 is 1.63 bits per heavy atom. The van der Waals surface area contributed by atoms with Crippen molar-refractivity contribution in [2.75, 3.05) is 10.7 Å². The Labute approximate surface area is 154 Å². The molecular formula is C14H10F3N5O4S. The number of rotatable bonds is 5. The van der Waals surface area contributed by atoms with Gasteiger partial charge in [0, 0.05) is 23.9 Å². The maximum absolute atomic E-state index is 12.7. The van der Waals surface area contributed by atoms with E-state index in [0.717, 1.165) is 6.07 Å². The standard InChI is InChI=1S/C14H10F3N5O4S/c15-14(16,17)8-1-6-11(12(7-8)22(25)26)19-20-13(27)18-9-2-4-10(5-3-9)21(23)24/h1-7,19H,(H2,18,20,27). The molecule has 0 unspecified atom stereocenters. The van der Waals surface area contributed by atoms with Crippen LogP contribution in [-0.2, 0) is 6.18 Å². The van der Waals surface area contributed by atoms with Crippen molar-refractivity contribution in [2.24, 2.45) is 0 Å². The average Bonchev–Trinajstić information content (AvgIpc) is 2.59. The minimum atomic E-state index is -4.72. The predicted molar refractivity (Wildman–Crippen MR) is 94.2 cm³/mol. The van der Waals surface area contributed by atoms with Crippen LogP contribution in [-0.4, -0.2) is 15.0 Å². The van der Waals surface area contributed by atoms with E-state index in [1.54, 1.807) is 0 Å². The van der Waals surface area contributed by atoms with Crippen LogP contribution in [0.1, 0.15) is 5.56 Å². The Hall–Kier alpha value is -3.48. The summed E-state index contributed by atoms with van der Waals surface area (Å²) >= 11 is 4.95. The second-order valence-electron chi connectivity index (χ2n) is 4.99. The predicted octanol–water partition coefficient (Wildman–Crippen LogP) is 3.84. The van der Waals surface area contributed by atoms with E-state index in [-0.39, 0.29) is 16.5 Å². The average molecular weight is 401 g/mol. The molecule has 0 saturated carbocycles. The number of non-ortho nitro benzene ring substituents is 1. The first-order valence-corrected chi connectivity index (χ1v) is 7.42. The molecule has 2 rings (SSSR count). The first-order chi connectivity index (χ1) is 12.6.